The standard InChI is InChI=1S/C20H25N3O5S/c1-27-17-5-6-18(28-2)19(12-17)29(25,26)23-11-3-4-16(14-23)20(24)22-13-15-7-9-21-10-8-15/h5-10,12,16H,3-4,11,13-14H2,1-2H3,(H,22,24)/t16-/m1/s1. The van der Waals surface area contributed by atoms with Crippen LogP contribution in [0.1, 0.15) is 18.4 Å². The molecule has 8 nitrogen and oxygen atoms in total. The minimum Gasteiger partial charge on any atom is -0.497 e. The van der Waals surface area contributed by atoms with Gasteiger partial charge in [-0.05, 0) is 42.7 Å². The molecule has 156 valence electrons. The smallest absolute Gasteiger partial charge is 0.246 e. The molecule has 0 unspecified atom stereocenters. The van der Waals surface area contributed by atoms with Crippen molar-refractivity contribution in [1.82, 2.24) is 14.6 Å². The zero-order valence-corrected chi connectivity index (χ0v) is 17.3. The van der Waals surface area contributed by atoms with E-state index in [1.54, 1.807) is 24.5 Å². The molecule has 1 N–H and O–H groups in total. The molecule has 9 heteroatoms. The number of carbonyl (C=O) groups is 1. The molecule has 29 heavy (non-hydrogen) atoms. The van der Waals surface area contributed by atoms with Crippen molar-refractivity contribution in [3.8, 4) is 11.5 Å². The molecule has 1 aromatic carbocycles. The highest BCUT2D eigenvalue weighted by Gasteiger charge is 2.35. The number of ether oxygens (including phenoxy) is 2. The first kappa shape index (κ1) is 21.1. The van der Waals surface area contributed by atoms with Crippen molar-refractivity contribution in [1.29, 1.82) is 0 Å². The summed E-state index contributed by atoms with van der Waals surface area (Å²) in [5.74, 6) is 0.111. The Morgan fingerprint density at radius 3 is 2.66 bits per heavy atom. The quantitative estimate of drug-likeness (QED) is 0.735. The Morgan fingerprint density at radius 1 is 1.21 bits per heavy atom. The van der Waals surface area contributed by atoms with Crippen LogP contribution in [0.4, 0.5) is 0 Å². The van der Waals surface area contributed by atoms with Crippen molar-refractivity contribution in [3.63, 3.8) is 0 Å². The maximum absolute atomic E-state index is 13.2. The van der Waals surface area contributed by atoms with Gasteiger partial charge in [0.25, 0.3) is 0 Å². The van der Waals surface area contributed by atoms with Crippen molar-refractivity contribution < 1.29 is 22.7 Å². The minimum atomic E-state index is -3.83. The molecule has 0 spiro atoms. The Hall–Kier alpha value is -2.65. The Labute approximate surface area is 170 Å². The summed E-state index contributed by atoms with van der Waals surface area (Å²) in [6.07, 6.45) is 4.58. The third-order valence-electron chi connectivity index (χ3n) is 4.96. The lowest BCUT2D eigenvalue weighted by molar-refractivity contribution is -0.126. The third kappa shape index (κ3) is 4.86. The van der Waals surface area contributed by atoms with Crippen LogP contribution in [0.5, 0.6) is 11.5 Å². The maximum Gasteiger partial charge on any atom is 0.246 e. The van der Waals surface area contributed by atoms with Gasteiger partial charge in [-0.15, -0.1) is 0 Å². The van der Waals surface area contributed by atoms with Crippen LogP contribution >= 0.6 is 0 Å². The number of rotatable bonds is 7. The van der Waals surface area contributed by atoms with Gasteiger partial charge >= 0.3 is 0 Å². The Balaban J connectivity index is 1.73. The van der Waals surface area contributed by atoms with Gasteiger partial charge in [-0.3, -0.25) is 9.78 Å². The first-order chi connectivity index (χ1) is 14.0. The number of aromatic nitrogens is 1. The summed E-state index contributed by atoms with van der Waals surface area (Å²) in [4.78, 5) is 16.6. The number of piperidine rings is 1. The van der Waals surface area contributed by atoms with Crippen LogP contribution < -0.4 is 14.8 Å². The zero-order chi connectivity index (χ0) is 20.9. The van der Waals surface area contributed by atoms with Crippen LogP contribution in [0.25, 0.3) is 0 Å². The minimum absolute atomic E-state index is 0.0391. The van der Waals surface area contributed by atoms with Crippen LogP contribution in [0.15, 0.2) is 47.6 Å². The number of nitrogens with one attached hydrogen (secondary N) is 1. The number of carbonyl (C=O) groups excluding carboxylic acids is 1. The molecule has 1 atom stereocenters. The topological polar surface area (TPSA) is 97.8 Å². The van der Waals surface area contributed by atoms with Crippen molar-refractivity contribution in [2.24, 2.45) is 5.92 Å². The molecule has 0 aliphatic carbocycles. The van der Waals surface area contributed by atoms with Gasteiger partial charge in [0.05, 0.1) is 20.1 Å². The van der Waals surface area contributed by atoms with Gasteiger partial charge in [-0.1, -0.05) is 0 Å². The Kier molecular flexibility index (Phi) is 6.71. The van der Waals surface area contributed by atoms with E-state index in [9.17, 15) is 13.2 Å². The van der Waals surface area contributed by atoms with Gasteiger partial charge in [0.15, 0.2) is 0 Å². The summed E-state index contributed by atoms with van der Waals surface area (Å²) in [5, 5.41) is 2.89. The molecule has 0 bridgehead atoms. The molecule has 0 radical (unpaired) electrons. The number of hydrogen-bond acceptors (Lipinski definition) is 6. The van der Waals surface area contributed by atoms with Crippen LogP contribution in [-0.2, 0) is 21.4 Å². The fourth-order valence-electron chi connectivity index (χ4n) is 3.33. The second-order valence-corrected chi connectivity index (χ2v) is 8.70. The fourth-order valence-corrected chi connectivity index (χ4v) is 5.03. The van der Waals surface area contributed by atoms with Gasteiger partial charge in [-0.2, -0.15) is 4.31 Å². The second-order valence-electron chi connectivity index (χ2n) is 6.79. The van der Waals surface area contributed by atoms with Gasteiger partial charge in [0, 0.05) is 38.1 Å². The largest absolute Gasteiger partial charge is 0.497 e. The lowest BCUT2D eigenvalue weighted by Crippen LogP contribution is -2.45. The van der Waals surface area contributed by atoms with E-state index in [1.807, 2.05) is 12.1 Å². The lowest BCUT2D eigenvalue weighted by Gasteiger charge is -2.31. The summed E-state index contributed by atoms with van der Waals surface area (Å²) >= 11 is 0. The highest BCUT2D eigenvalue weighted by Crippen LogP contribution is 2.32. The lowest BCUT2D eigenvalue weighted by atomic mass is 9.99. The molecule has 1 amide bonds. The van der Waals surface area contributed by atoms with E-state index >= 15 is 0 Å². The number of methoxy groups -OCH3 is 2. The first-order valence-electron chi connectivity index (χ1n) is 9.34. The molecule has 1 aliphatic rings. The normalized spacial score (nSPS) is 17.5. The molecule has 2 heterocycles. The molecule has 0 saturated carbocycles. The summed E-state index contributed by atoms with van der Waals surface area (Å²) in [5.41, 5.74) is 0.940. The highest BCUT2D eigenvalue weighted by atomic mass is 32.2. The zero-order valence-electron chi connectivity index (χ0n) is 16.5. The molecule has 3 rings (SSSR count). The first-order valence-corrected chi connectivity index (χ1v) is 10.8. The molecule has 1 saturated heterocycles. The second kappa shape index (κ2) is 9.23. The van der Waals surface area contributed by atoms with Crippen molar-refractivity contribution in [2.75, 3.05) is 27.3 Å². The van der Waals surface area contributed by atoms with Crippen LogP contribution in [-0.4, -0.2) is 50.9 Å². The summed E-state index contributed by atoms with van der Waals surface area (Å²) in [7, 11) is -0.933. The molecular formula is C20H25N3O5S. The predicted octanol–water partition coefficient (Wildman–Crippen LogP) is 1.82. The molecule has 1 fully saturated rings. The van der Waals surface area contributed by atoms with E-state index < -0.39 is 15.9 Å². The summed E-state index contributed by atoms with van der Waals surface area (Å²) < 4.78 is 38.2. The Morgan fingerprint density at radius 2 is 1.97 bits per heavy atom. The van der Waals surface area contributed by atoms with E-state index in [-0.39, 0.29) is 23.1 Å². The number of pyridine rings is 1. The summed E-state index contributed by atoms with van der Waals surface area (Å²) in [6.45, 7) is 0.871. The predicted molar refractivity (Wildman–Crippen MR) is 107 cm³/mol. The van der Waals surface area contributed by atoms with E-state index in [0.29, 0.717) is 31.7 Å². The molecule has 2 aromatic rings. The molecule has 1 aromatic heterocycles. The van der Waals surface area contributed by atoms with Gasteiger partial charge in [-0.25, -0.2) is 8.42 Å². The monoisotopic (exact) mass is 419 g/mol. The number of benzene rings is 1. The number of nitrogens with zero attached hydrogens (tertiary/aromatic N) is 2. The number of amides is 1. The highest BCUT2D eigenvalue weighted by molar-refractivity contribution is 7.89. The van der Waals surface area contributed by atoms with Crippen molar-refractivity contribution in [2.45, 2.75) is 24.3 Å². The van der Waals surface area contributed by atoms with Crippen molar-refractivity contribution >= 4 is 15.9 Å². The van der Waals surface area contributed by atoms with Gasteiger partial charge < -0.3 is 14.8 Å². The molecule has 1 aliphatic heterocycles. The summed E-state index contributed by atoms with van der Waals surface area (Å²) in [6, 6.07) is 8.30. The maximum atomic E-state index is 13.2. The number of sulfonamides is 1. The Bertz CT molecular complexity index is 950. The van der Waals surface area contributed by atoms with E-state index in [4.69, 9.17) is 9.47 Å². The molecular weight excluding hydrogens is 394 g/mol. The third-order valence-corrected chi connectivity index (χ3v) is 6.85. The van der Waals surface area contributed by atoms with E-state index in [2.05, 4.69) is 10.3 Å². The van der Waals surface area contributed by atoms with Gasteiger partial charge in [0.2, 0.25) is 15.9 Å². The van der Waals surface area contributed by atoms with Crippen LogP contribution in [0, 0.1) is 5.92 Å². The average molecular weight is 420 g/mol. The number of hydrogen-bond donors (Lipinski definition) is 1. The van der Waals surface area contributed by atoms with Gasteiger partial charge in [0.1, 0.15) is 16.4 Å². The fraction of sp³-hybridized carbons (Fsp3) is 0.400. The average Bonchev–Trinajstić information content (AvgIpc) is 2.77. The SMILES string of the molecule is COc1ccc(OC)c(S(=O)(=O)N2CCC[C@@H](C(=O)NCc3ccncc3)C2)c1. The van der Waals surface area contributed by atoms with Crippen molar-refractivity contribution in [3.05, 3.63) is 48.3 Å². The van der Waals surface area contributed by atoms with E-state index in [0.717, 1.165) is 5.56 Å². The van der Waals surface area contributed by atoms with Crippen LogP contribution in [0.2, 0.25) is 0 Å². The van der Waals surface area contributed by atoms with E-state index in [1.165, 1.54) is 24.6 Å². The van der Waals surface area contributed by atoms with Crippen LogP contribution in [0.3, 0.4) is 0 Å².